The summed E-state index contributed by atoms with van der Waals surface area (Å²) in [5.74, 6) is 0.490. The monoisotopic (exact) mass is 281 g/mol. The predicted octanol–water partition coefficient (Wildman–Crippen LogP) is 1.92. The number of amides is 1. The third-order valence-corrected chi connectivity index (χ3v) is 2.49. The summed E-state index contributed by atoms with van der Waals surface area (Å²) in [5.41, 5.74) is 6.81. The number of pyridine rings is 1. The lowest BCUT2D eigenvalue weighted by Gasteiger charge is -2.23. The molecule has 1 atom stereocenters. The molecule has 0 saturated carbocycles. The van der Waals surface area contributed by atoms with Crippen LogP contribution in [0.15, 0.2) is 12.1 Å². The minimum atomic E-state index is -0.547. The molecule has 1 heterocycles. The number of aryl methyl sites for hydroxylation is 1. The van der Waals surface area contributed by atoms with E-state index in [4.69, 9.17) is 15.2 Å². The van der Waals surface area contributed by atoms with Crippen LogP contribution in [-0.4, -0.2) is 30.3 Å². The Hall–Kier alpha value is -1.82. The number of nitrogens with two attached hydrogens (primary N) is 1. The molecule has 0 aromatic carbocycles. The summed E-state index contributed by atoms with van der Waals surface area (Å²) in [6.45, 7) is 7.54. The molecular weight excluding hydrogens is 258 g/mol. The third-order valence-electron chi connectivity index (χ3n) is 2.49. The van der Waals surface area contributed by atoms with Gasteiger partial charge in [0.15, 0.2) is 0 Å². The Morgan fingerprint density at radius 3 is 2.60 bits per heavy atom. The second kappa shape index (κ2) is 6.56. The highest BCUT2D eigenvalue weighted by Crippen LogP contribution is 2.19. The van der Waals surface area contributed by atoms with Gasteiger partial charge in [-0.05, 0) is 39.3 Å². The number of ether oxygens (including phenoxy) is 2. The summed E-state index contributed by atoms with van der Waals surface area (Å²) in [5, 5.41) is 2.75. The van der Waals surface area contributed by atoms with Crippen LogP contribution in [0, 0.1) is 6.92 Å². The molecule has 0 aliphatic carbocycles. The van der Waals surface area contributed by atoms with Crippen LogP contribution >= 0.6 is 0 Å². The Morgan fingerprint density at radius 1 is 1.45 bits per heavy atom. The van der Waals surface area contributed by atoms with Gasteiger partial charge in [0.05, 0.1) is 13.2 Å². The van der Waals surface area contributed by atoms with E-state index >= 15 is 0 Å². The molecule has 6 nitrogen and oxygen atoms in total. The number of nitrogens with one attached hydrogen (secondary N) is 1. The van der Waals surface area contributed by atoms with Crippen LogP contribution in [0.3, 0.4) is 0 Å². The van der Waals surface area contributed by atoms with E-state index < -0.39 is 11.7 Å². The predicted molar refractivity (Wildman–Crippen MR) is 76.7 cm³/mol. The molecule has 1 amide bonds. The van der Waals surface area contributed by atoms with Gasteiger partial charge in [-0.2, -0.15) is 0 Å². The zero-order chi connectivity index (χ0) is 15.3. The number of carbonyl (C=O) groups is 1. The van der Waals surface area contributed by atoms with Crippen molar-refractivity contribution in [2.75, 3.05) is 13.7 Å². The van der Waals surface area contributed by atoms with E-state index in [0.29, 0.717) is 5.88 Å². The second-order valence-corrected chi connectivity index (χ2v) is 5.52. The number of nitrogens with zero attached hydrogens (tertiary/aromatic N) is 1. The van der Waals surface area contributed by atoms with Crippen molar-refractivity contribution in [3.05, 3.63) is 23.4 Å². The van der Waals surface area contributed by atoms with Gasteiger partial charge in [0.25, 0.3) is 0 Å². The molecule has 0 spiro atoms. The molecule has 0 saturated heterocycles. The number of alkyl carbamates (subject to hydrolysis) is 1. The van der Waals surface area contributed by atoms with Crippen molar-refractivity contribution in [1.82, 2.24) is 10.3 Å². The number of hydrogen-bond acceptors (Lipinski definition) is 5. The van der Waals surface area contributed by atoms with Gasteiger partial charge in [0, 0.05) is 18.3 Å². The van der Waals surface area contributed by atoms with Gasteiger partial charge in [-0.3, -0.25) is 0 Å². The van der Waals surface area contributed by atoms with Crippen LogP contribution in [0.2, 0.25) is 0 Å². The van der Waals surface area contributed by atoms with Gasteiger partial charge >= 0.3 is 6.09 Å². The van der Waals surface area contributed by atoms with Crippen molar-refractivity contribution in [2.45, 2.75) is 39.3 Å². The Bertz CT molecular complexity index is 469. The molecular formula is C14H23N3O3. The lowest BCUT2D eigenvalue weighted by atomic mass is 10.1. The fourth-order valence-electron chi connectivity index (χ4n) is 1.70. The van der Waals surface area contributed by atoms with E-state index in [0.717, 1.165) is 11.3 Å². The minimum Gasteiger partial charge on any atom is -0.481 e. The van der Waals surface area contributed by atoms with Gasteiger partial charge in [-0.1, -0.05) is 0 Å². The lowest BCUT2D eigenvalue weighted by Crippen LogP contribution is -2.37. The third kappa shape index (κ3) is 5.05. The molecule has 3 N–H and O–H groups in total. The van der Waals surface area contributed by atoms with E-state index in [2.05, 4.69) is 10.3 Å². The molecule has 6 heteroatoms. The van der Waals surface area contributed by atoms with Gasteiger partial charge in [-0.25, -0.2) is 9.78 Å². The number of carbonyl (C=O) groups excluding carboxylic acids is 1. The largest absolute Gasteiger partial charge is 0.481 e. The molecule has 112 valence electrons. The Balaban J connectivity index is 2.85. The van der Waals surface area contributed by atoms with Crippen molar-refractivity contribution in [1.29, 1.82) is 0 Å². The standard InChI is InChI=1S/C14H23N3O3/c1-9-6-10(7-12(16-9)19-5)11(8-15)17-13(18)20-14(2,3)4/h6-7,11H,8,15H2,1-5H3,(H,17,18). The summed E-state index contributed by atoms with van der Waals surface area (Å²) in [7, 11) is 1.55. The summed E-state index contributed by atoms with van der Waals surface area (Å²) in [4.78, 5) is 16.0. The molecule has 0 aliphatic heterocycles. The number of hydrogen-bond donors (Lipinski definition) is 2. The molecule has 1 aromatic heterocycles. The van der Waals surface area contributed by atoms with Gasteiger partial charge in [0.2, 0.25) is 5.88 Å². The average Bonchev–Trinajstić information content (AvgIpc) is 2.32. The summed E-state index contributed by atoms with van der Waals surface area (Å²) in [6, 6.07) is 3.26. The molecule has 0 radical (unpaired) electrons. The first-order valence-electron chi connectivity index (χ1n) is 6.47. The zero-order valence-electron chi connectivity index (χ0n) is 12.7. The summed E-state index contributed by atoms with van der Waals surface area (Å²) < 4.78 is 10.3. The fourth-order valence-corrected chi connectivity index (χ4v) is 1.70. The summed E-state index contributed by atoms with van der Waals surface area (Å²) in [6.07, 6.45) is -0.499. The number of aromatic nitrogens is 1. The van der Waals surface area contributed by atoms with Crippen LogP contribution < -0.4 is 15.8 Å². The fraction of sp³-hybridized carbons (Fsp3) is 0.571. The molecule has 20 heavy (non-hydrogen) atoms. The number of rotatable bonds is 4. The van der Waals surface area contributed by atoms with Crippen molar-refractivity contribution in [3.8, 4) is 5.88 Å². The van der Waals surface area contributed by atoms with E-state index in [1.54, 1.807) is 13.2 Å². The maximum absolute atomic E-state index is 11.8. The van der Waals surface area contributed by atoms with E-state index in [1.165, 1.54) is 0 Å². The number of methoxy groups -OCH3 is 1. The van der Waals surface area contributed by atoms with E-state index in [9.17, 15) is 4.79 Å². The second-order valence-electron chi connectivity index (χ2n) is 5.52. The zero-order valence-corrected chi connectivity index (χ0v) is 12.7. The highest BCUT2D eigenvalue weighted by Gasteiger charge is 2.20. The van der Waals surface area contributed by atoms with Crippen LogP contribution in [0.25, 0.3) is 0 Å². The average molecular weight is 281 g/mol. The van der Waals surface area contributed by atoms with Crippen LogP contribution in [0.4, 0.5) is 4.79 Å². The maximum atomic E-state index is 11.8. The Kier molecular flexibility index (Phi) is 5.33. The highest BCUT2D eigenvalue weighted by molar-refractivity contribution is 5.68. The Labute approximate surface area is 119 Å². The molecule has 1 aromatic rings. The van der Waals surface area contributed by atoms with Crippen molar-refractivity contribution in [3.63, 3.8) is 0 Å². The maximum Gasteiger partial charge on any atom is 0.408 e. The topological polar surface area (TPSA) is 86.5 Å². The van der Waals surface area contributed by atoms with Gasteiger partial charge in [-0.15, -0.1) is 0 Å². The first-order chi connectivity index (χ1) is 9.25. The van der Waals surface area contributed by atoms with Crippen molar-refractivity contribution < 1.29 is 14.3 Å². The summed E-state index contributed by atoms with van der Waals surface area (Å²) >= 11 is 0. The molecule has 0 bridgehead atoms. The molecule has 1 rings (SSSR count). The van der Waals surface area contributed by atoms with Crippen LogP contribution in [0.1, 0.15) is 38.1 Å². The highest BCUT2D eigenvalue weighted by atomic mass is 16.6. The molecule has 0 fully saturated rings. The van der Waals surface area contributed by atoms with E-state index in [-0.39, 0.29) is 12.6 Å². The van der Waals surface area contributed by atoms with Crippen LogP contribution in [-0.2, 0) is 4.74 Å². The molecule has 1 unspecified atom stereocenters. The smallest absolute Gasteiger partial charge is 0.408 e. The van der Waals surface area contributed by atoms with Crippen LogP contribution in [0.5, 0.6) is 5.88 Å². The molecule has 0 aliphatic rings. The normalized spacial score (nSPS) is 12.7. The van der Waals surface area contributed by atoms with E-state index in [1.807, 2.05) is 33.8 Å². The Morgan fingerprint density at radius 2 is 2.10 bits per heavy atom. The van der Waals surface area contributed by atoms with Crippen molar-refractivity contribution >= 4 is 6.09 Å². The van der Waals surface area contributed by atoms with Crippen molar-refractivity contribution in [2.24, 2.45) is 5.73 Å². The lowest BCUT2D eigenvalue weighted by molar-refractivity contribution is 0.0505. The van der Waals surface area contributed by atoms with Gasteiger partial charge < -0.3 is 20.5 Å². The van der Waals surface area contributed by atoms with Gasteiger partial charge in [0.1, 0.15) is 5.60 Å². The quantitative estimate of drug-likeness (QED) is 0.880. The minimum absolute atomic E-state index is 0.256. The first-order valence-corrected chi connectivity index (χ1v) is 6.47. The first kappa shape index (κ1) is 16.2. The SMILES string of the molecule is COc1cc(C(CN)NC(=O)OC(C)(C)C)cc(C)n1.